The third-order valence-corrected chi connectivity index (χ3v) is 3.70. The molecule has 2 heterocycles. The largest absolute Gasteiger partial charge is 0.395 e. The Kier molecular flexibility index (Phi) is 3.42. The van der Waals surface area contributed by atoms with Crippen LogP contribution < -0.4 is 0 Å². The lowest BCUT2D eigenvalue weighted by Gasteiger charge is -2.27. The SMILES string of the molecule is CC1CCN(CC2CCOC2)C1CO. The number of nitrogens with zero attached hydrogens (tertiary/aromatic N) is 1. The molecular weight excluding hydrogens is 178 g/mol. The second-order valence-corrected chi connectivity index (χ2v) is 4.74. The minimum absolute atomic E-state index is 0.314. The topological polar surface area (TPSA) is 32.7 Å². The van der Waals surface area contributed by atoms with E-state index in [9.17, 15) is 5.11 Å². The van der Waals surface area contributed by atoms with E-state index in [1.165, 1.54) is 12.8 Å². The Morgan fingerprint density at radius 3 is 2.93 bits per heavy atom. The Bertz CT molecular complexity index is 180. The molecular formula is C11H21NO2. The summed E-state index contributed by atoms with van der Waals surface area (Å²) in [7, 11) is 0. The van der Waals surface area contributed by atoms with Gasteiger partial charge in [0.2, 0.25) is 0 Å². The predicted molar refractivity (Wildman–Crippen MR) is 55.2 cm³/mol. The quantitative estimate of drug-likeness (QED) is 0.727. The summed E-state index contributed by atoms with van der Waals surface area (Å²) in [5, 5.41) is 9.31. The summed E-state index contributed by atoms with van der Waals surface area (Å²) in [6, 6.07) is 0.399. The number of rotatable bonds is 3. The second-order valence-electron chi connectivity index (χ2n) is 4.74. The van der Waals surface area contributed by atoms with Crippen molar-refractivity contribution in [3.63, 3.8) is 0 Å². The van der Waals surface area contributed by atoms with E-state index >= 15 is 0 Å². The molecule has 2 aliphatic heterocycles. The molecule has 14 heavy (non-hydrogen) atoms. The Labute approximate surface area is 86.0 Å². The van der Waals surface area contributed by atoms with Crippen LogP contribution in [0.2, 0.25) is 0 Å². The molecule has 0 bridgehead atoms. The van der Waals surface area contributed by atoms with Gasteiger partial charge in [0, 0.05) is 19.2 Å². The number of ether oxygens (including phenoxy) is 1. The highest BCUT2D eigenvalue weighted by molar-refractivity contribution is 4.85. The van der Waals surface area contributed by atoms with Crippen LogP contribution in [0.15, 0.2) is 0 Å². The first kappa shape index (κ1) is 10.4. The summed E-state index contributed by atoms with van der Waals surface area (Å²) in [6.45, 7) is 6.68. The zero-order valence-electron chi connectivity index (χ0n) is 8.98. The smallest absolute Gasteiger partial charge is 0.0589 e. The minimum Gasteiger partial charge on any atom is -0.395 e. The highest BCUT2D eigenvalue weighted by Gasteiger charge is 2.32. The summed E-state index contributed by atoms with van der Waals surface area (Å²) in [4.78, 5) is 2.45. The fourth-order valence-corrected chi connectivity index (χ4v) is 2.67. The maximum absolute atomic E-state index is 9.31. The Morgan fingerprint density at radius 1 is 1.43 bits per heavy atom. The molecule has 0 spiro atoms. The van der Waals surface area contributed by atoms with Crippen LogP contribution in [0.4, 0.5) is 0 Å². The van der Waals surface area contributed by atoms with Crippen molar-refractivity contribution in [2.75, 3.05) is 32.9 Å². The van der Waals surface area contributed by atoms with Crippen LogP contribution in [0, 0.1) is 11.8 Å². The monoisotopic (exact) mass is 199 g/mol. The van der Waals surface area contributed by atoms with Crippen LogP contribution in [0.1, 0.15) is 19.8 Å². The van der Waals surface area contributed by atoms with Crippen LogP contribution in [-0.4, -0.2) is 49.0 Å². The van der Waals surface area contributed by atoms with E-state index in [2.05, 4.69) is 11.8 Å². The first-order chi connectivity index (χ1) is 6.81. The van der Waals surface area contributed by atoms with Crippen LogP contribution in [0.3, 0.4) is 0 Å². The molecule has 2 aliphatic rings. The van der Waals surface area contributed by atoms with E-state index in [0.29, 0.717) is 24.5 Å². The fraction of sp³-hybridized carbons (Fsp3) is 1.00. The molecule has 3 atom stereocenters. The number of aliphatic hydroxyl groups is 1. The van der Waals surface area contributed by atoms with Gasteiger partial charge >= 0.3 is 0 Å². The van der Waals surface area contributed by atoms with Gasteiger partial charge in [-0.25, -0.2) is 0 Å². The number of hydrogen-bond donors (Lipinski definition) is 1. The maximum Gasteiger partial charge on any atom is 0.0589 e. The third-order valence-electron chi connectivity index (χ3n) is 3.70. The van der Waals surface area contributed by atoms with Crippen molar-refractivity contribution < 1.29 is 9.84 Å². The lowest BCUT2D eigenvalue weighted by molar-refractivity contribution is 0.116. The van der Waals surface area contributed by atoms with Gasteiger partial charge in [0.25, 0.3) is 0 Å². The summed E-state index contributed by atoms with van der Waals surface area (Å²) in [5.74, 6) is 1.36. The molecule has 3 unspecified atom stereocenters. The van der Waals surface area contributed by atoms with Crippen molar-refractivity contribution in [1.82, 2.24) is 4.90 Å². The van der Waals surface area contributed by atoms with E-state index in [4.69, 9.17) is 4.74 Å². The van der Waals surface area contributed by atoms with Crippen molar-refractivity contribution in [3.05, 3.63) is 0 Å². The highest BCUT2D eigenvalue weighted by atomic mass is 16.5. The molecule has 3 nitrogen and oxygen atoms in total. The van der Waals surface area contributed by atoms with Crippen LogP contribution in [0.25, 0.3) is 0 Å². The Hall–Kier alpha value is -0.120. The average Bonchev–Trinajstić information content (AvgIpc) is 2.77. The first-order valence-electron chi connectivity index (χ1n) is 5.74. The van der Waals surface area contributed by atoms with Gasteiger partial charge in [-0.05, 0) is 31.2 Å². The first-order valence-corrected chi connectivity index (χ1v) is 5.74. The number of aliphatic hydroxyl groups excluding tert-OH is 1. The van der Waals surface area contributed by atoms with Gasteiger partial charge in [0.05, 0.1) is 13.2 Å². The lowest BCUT2D eigenvalue weighted by atomic mass is 10.0. The normalized spacial score (nSPS) is 39.4. The van der Waals surface area contributed by atoms with Crippen LogP contribution in [0.5, 0.6) is 0 Å². The van der Waals surface area contributed by atoms with Crippen molar-refractivity contribution in [2.24, 2.45) is 11.8 Å². The van der Waals surface area contributed by atoms with Crippen molar-refractivity contribution in [2.45, 2.75) is 25.8 Å². The average molecular weight is 199 g/mol. The number of hydrogen-bond acceptors (Lipinski definition) is 3. The summed E-state index contributed by atoms with van der Waals surface area (Å²) >= 11 is 0. The van der Waals surface area contributed by atoms with Crippen molar-refractivity contribution in [1.29, 1.82) is 0 Å². The molecule has 3 heteroatoms. The molecule has 2 rings (SSSR count). The second kappa shape index (κ2) is 4.60. The molecule has 0 aromatic heterocycles. The Balaban J connectivity index is 1.84. The summed E-state index contributed by atoms with van der Waals surface area (Å²) < 4.78 is 5.37. The Morgan fingerprint density at radius 2 is 2.29 bits per heavy atom. The molecule has 0 amide bonds. The van der Waals surface area contributed by atoms with Gasteiger partial charge in [0.1, 0.15) is 0 Å². The van der Waals surface area contributed by atoms with E-state index in [-0.39, 0.29) is 0 Å². The molecule has 0 radical (unpaired) electrons. The molecule has 0 aromatic carbocycles. The predicted octanol–water partition coefficient (Wildman–Crippen LogP) is 0.726. The van der Waals surface area contributed by atoms with Gasteiger partial charge in [-0.2, -0.15) is 0 Å². The van der Waals surface area contributed by atoms with Crippen molar-refractivity contribution >= 4 is 0 Å². The van der Waals surface area contributed by atoms with Gasteiger partial charge < -0.3 is 9.84 Å². The molecule has 0 aromatic rings. The molecule has 2 fully saturated rings. The van der Waals surface area contributed by atoms with Crippen LogP contribution >= 0.6 is 0 Å². The van der Waals surface area contributed by atoms with E-state index in [0.717, 1.165) is 26.3 Å². The zero-order chi connectivity index (χ0) is 9.97. The zero-order valence-corrected chi connectivity index (χ0v) is 8.98. The van der Waals surface area contributed by atoms with E-state index in [1.807, 2.05) is 0 Å². The maximum atomic E-state index is 9.31. The van der Waals surface area contributed by atoms with E-state index < -0.39 is 0 Å². The highest BCUT2D eigenvalue weighted by Crippen LogP contribution is 2.26. The molecule has 2 saturated heterocycles. The standard InChI is InChI=1S/C11H21NO2/c1-9-2-4-12(11(9)7-13)6-10-3-5-14-8-10/h9-11,13H,2-8H2,1H3. The van der Waals surface area contributed by atoms with E-state index in [1.54, 1.807) is 0 Å². The van der Waals surface area contributed by atoms with Crippen LogP contribution in [-0.2, 0) is 4.74 Å². The van der Waals surface area contributed by atoms with Crippen molar-refractivity contribution in [3.8, 4) is 0 Å². The molecule has 0 aliphatic carbocycles. The van der Waals surface area contributed by atoms with Gasteiger partial charge in [-0.3, -0.25) is 4.90 Å². The van der Waals surface area contributed by atoms with Gasteiger partial charge in [-0.15, -0.1) is 0 Å². The van der Waals surface area contributed by atoms with Gasteiger partial charge in [-0.1, -0.05) is 6.92 Å². The summed E-state index contributed by atoms with van der Waals surface area (Å²) in [5.41, 5.74) is 0. The third kappa shape index (κ3) is 2.10. The molecule has 0 saturated carbocycles. The number of likely N-dealkylation sites (tertiary alicyclic amines) is 1. The molecule has 82 valence electrons. The fourth-order valence-electron chi connectivity index (χ4n) is 2.67. The minimum atomic E-state index is 0.314. The van der Waals surface area contributed by atoms with Gasteiger partial charge in [0.15, 0.2) is 0 Å². The molecule has 1 N–H and O–H groups in total. The summed E-state index contributed by atoms with van der Waals surface area (Å²) in [6.07, 6.45) is 2.43. The lowest BCUT2D eigenvalue weighted by Crippen LogP contribution is -2.38.